The predicted molar refractivity (Wildman–Crippen MR) is 609 cm³/mol. The number of benzene rings is 21. The SMILES string of the molecule is CC1(C)c2ccccc2-c2ccc(N(c3cccc(Cl)c3)c3ccc4c(c3)sc3ccccc34)cc21.Clc1ccc(-c2ccc(-c3ccc(N(c4ccccc4)c4ccccc4)cc3)cc2)cc1.Clc1cccc(N(c2ccc3c(c2)C(c2ccccc2)(c2ccccc2)c2ccccc2-3)c2cccc3c2sc2ccccc23)c1.Clc1cccc(N(c2ccccc2)c2cccc3c2sc2ccccc23)c1. The number of anilines is 12. The van der Waals surface area contributed by atoms with E-state index in [1.807, 2.05) is 125 Å². The zero-order valence-corrected chi connectivity index (χ0v) is 82.5. The van der Waals surface area contributed by atoms with Crippen LogP contribution in [0, 0.1) is 0 Å². The Balaban J connectivity index is 0.000000107. The number of thiophene rings is 3. The first-order valence-electron chi connectivity index (χ1n) is 47.2. The summed E-state index contributed by atoms with van der Waals surface area (Å²) in [7, 11) is 0. The van der Waals surface area contributed by atoms with Crippen LogP contribution in [0.1, 0.15) is 47.2 Å². The van der Waals surface area contributed by atoms with E-state index in [0.29, 0.717) is 5.02 Å². The summed E-state index contributed by atoms with van der Waals surface area (Å²) < 4.78 is 7.73. The monoisotopic (exact) mass is 1940 g/mol. The van der Waals surface area contributed by atoms with Gasteiger partial charge in [-0.25, -0.2) is 0 Å². The van der Waals surface area contributed by atoms with Gasteiger partial charge in [-0.05, 0) is 260 Å². The minimum atomic E-state index is -0.478. The first kappa shape index (κ1) is 89.5. The molecule has 0 unspecified atom stereocenters. The van der Waals surface area contributed by atoms with Crippen LogP contribution in [0.5, 0.6) is 0 Å². The van der Waals surface area contributed by atoms with Crippen molar-refractivity contribution >= 4 is 209 Å². The number of nitrogens with zero attached hydrogens (tertiary/aromatic N) is 4. The van der Waals surface area contributed by atoms with Gasteiger partial charge < -0.3 is 19.6 Å². The lowest BCUT2D eigenvalue weighted by Gasteiger charge is -2.35. The van der Waals surface area contributed by atoms with E-state index in [1.54, 1.807) is 0 Å². The highest BCUT2D eigenvalue weighted by Crippen LogP contribution is 2.59. The van der Waals surface area contributed by atoms with Crippen molar-refractivity contribution in [3.63, 3.8) is 0 Å². The molecule has 0 radical (unpaired) electrons. The fourth-order valence-electron chi connectivity index (χ4n) is 20.7. The van der Waals surface area contributed by atoms with E-state index < -0.39 is 5.41 Å². The molecule has 0 aliphatic heterocycles. The highest BCUT2D eigenvalue weighted by atomic mass is 35.5. The van der Waals surface area contributed by atoms with Crippen molar-refractivity contribution in [3.05, 3.63) is 563 Å². The van der Waals surface area contributed by atoms with Gasteiger partial charge in [0.1, 0.15) is 0 Å². The van der Waals surface area contributed by atoms with E-state index >= 15 is 0 Å². The average Bonchev–Trinajstić information content (AvgIpc) is 1.53. The lowest BCUT2D eigenvalue weighted by Crippen LogP contribution is -2.28. The minimum absolute atomic E-state index is 0.0582. The summed E-state index contributed by atoms with van der Waals surface area (Å²) in [5, 5.41) is 10.7. The van der Waals surface area contributed by atoms with E-state index in [0.717, 1.165) is 83.2 Å². The predicted octanol–water partition coefficient (Wildman–Crippen LogP) is 40.3. The quantitative estimate of drug-likeness (QED) is 0.0956. The van der Waals surface area contributed by atoms with Gasteiger partial charge in [-0.3, -0.25) is 0 Å². The van der Waals surface area contributed by atoms with E-state index in [4.69, 9.17) is 46.4 Å². The second-order valence-corrected chi connectivity index (χ2v) is 40.8. The van der Waals surface area contributed by atoms with E-state index in [2.05, 4.69) is 452 Å². The van der Waals surface area contributed by atoms with Crippen LogP contribution in [0.2, 0.25) is 20.1 Å². The molecule has 0 fully saturated rings. The Hall–Kier alpha value is -15.4. The first-order valence-corrected chi connectivity index (χ1v) is 51.2. The highest BCUT2D eigenvalue weighted by Gasteiger charge is 2.47. The summed E-state index contributed by atoms with van der Waals surface area (Å²) >= 11 is 31.0. The summed E-state index contributed by atoms with van der Waals surface area (Å²) in [6.07, 6.45) is 0. The molecule has 26 rings (SSSR count). The molecule has 4 nitrogen and oxygen atoms in total. The fraction of sp³-hybridized carbons (Fsp3) is 0.0308. The molecule has 0 amide bonds. The van der Waals surface area contributed by atoms with Crippen LogP contribution in [0.15, 0.2) is 510 Å². The first-order chi connectivity index (χ1) is 69.3. The third-order valence-electron chi connectivity index (χ3n) is 27.2. The molecule has 0 saturated heterocycles. The molecule has 0 bridgehead atoms. The molecule has 3 aromatic heterocycles. The number of hydrogen-bond acceptors (Lipinski definition) is 7. The molecule has 0 atom stereocenters. The van der Waals surface area contributed by atoms with Gasteiger partial charge in [0.15, 0.2) is 0 Å². The number of fused-ring (bicyclic) bond motifs is 15. The third-order valence-corrected chi connectivity index (χ3v) is 31.7. The second kappa shape index (κ2) is 38.8. The number of para-hydroxylation sites is 3. The lowest BCUT2D eigenvalue weighted by atomic mass is 9.67. The van der Waals surface area contributed by atoms with Crippen molar-refractivity contribution < 1.29 is 0 Å². The molecule has 21 aromatic carbocycles. The molecule has 0 saturated carbocycles. The molecule has 2 aliphatic carbocycles. The van der Waals surface area contributed by atoms with Gasteiger partial charge in [0, 0.05) is 133 Å². The molecule has 0 spiro atoms. The maximum atomic E-state index is 6.68. The van der Waals surface area contributed by atoms with Crippen LogP contribution < -0.4 is 19.6 Å². The van der Waals surface area contributed by atoms with Crippen molar-refractivity contribution in [2.45, 2.75) is 24.7 Å². The van der Waals surface area contributed by atoms with Gasteiger partial charge in [-0.15, -0.1) is 34.0 Å². The van der Waals surface area contributed by atoms with E-state index in [9.17, 15) is 0 Å². The molecule has 676 valence electrons. The second-order valence-electron chi connectivity index (χ2n) is 35.9. The summed E-state index contributed by atoms with van der Waals surface area (Å²) in [5.41, 5.74) is 30.6. The van der Waals surface area contributed by atoms with Crippen LogP contribution in [0.25, 0.3) is 105 Å². The molecule has 0 N–H and O–H groups in total. The van der Waals surface area contributed by atoms with Gasteiger partial charge in [-0.2, -0.15) is 0 Å². The molecule has 2 aliphatic rings. The van der Waals surface area contributed by atoms with Crippen LogP contribution in [0.3, 0.4) is 0 Å². The van der Waals surface area contributed by atoms with Crippen molar-refractivity contribution in [2.24, 2.45) is 0 Å². The standard InChI is InChI=1S/C43H28ClNS.C33H24ClNS.C30H22ClN.C24H16ClNS/c44-31-17-11-18-32(27-31)45(40-23-12-21-37-36-20-8-10-24-41(36)46-42(37)40)33-25-26-35-34-19-7-9-22-38(34)43(39(35)28-33,29-13-3-1-4-14-29)30-15-5-2-6-16-30;1-33(2)29-12-5-3-10-25(29)26-16-14-23(19-30(26)33)35(22-9-7-8-21(34)18-22)24-15-17-28-27-11-4-6-13-31(27)36-32(28)20-24;31-27-19-15-25(16-20-27)23-11-13-24(14-12-23)26-17-21-30(22-18-26)32(28-7-3-1-4-8-28)29-9-5-2-6-10-29;25-17-8-6-11-19(16-17)26(18-9-2-1-3-10-18)22-14-7-13-21-20-12-4-5-15-23(20)27-24(21)22/h1-28H;3-20H,1-2H3;1-22H;1-16H. The van der Waals surface area contributed by atoms with Crippen molar-refractivity contribution in [3.8, 4) is 44.5 Å². The topological polar surface area (TPSA) is 13.0 Å². The maximum absolute atomic E-state index is 6.68. The van der Waals surface area contributed by atoms with Crippen LogP contribution in [0.4, 0.5) is 68.2 Å². The Kier molecular flexibility index (Phi) is 24.6. The Labute approximate surface area is 853 Å². The Morgan fingerprint density at radius 3 is 0.972 bits per heavy atom. The van der Waals surface area contributed by atoms with Gasteiger partial charge in [-0.1, -0.05) is 388 Å². The van der Waals surface area contributed by atoms with E-state index in [1.165, 1.54) is 139 Å². The highest BCUT2D eigenvalue weighted by molar-refractivity contribution is 7.27. The molecule has 3 heterocycles. The maximum Gasteiger partial charge on any atom is 0.0714 e. The zero-order valence-electron chi connectivity index (χ0n) is 77.0. The van der Waals surface area contributed by atoms with Gasteiger partial charge in [0.25, 0.3) is 0 Å². The van der Waals surface area contributed by atoms with Crippen molar-refractivity contribution in [1.82, 2.24) is 0 Å². The fourth-order valence-corrected chi connectivity index (χ4v) is 24.9. The van der Waals surface area contributed by atoms with Gasteiger partial charge in [0.05, 0.1) is 26.2 Å². The average molecular weight is 1950 g/mol. The molecule has 24 aromatic rings. The van der Waals surface area contributed by atoms with Crippen LogP contribution >= 0.6 is 80.4 Å². The summed E-state index contributed by atoms with van der Waals surface area (Å²) in [4.78, 5) is 9.26. The summed E-state index contributed by atoms with van der Waals surface area (Å²) in [5.74, 6) is 0. The zero-order chi connectivity index (χ0) is 95.1. The van der Waals surface area contributed by atoms with Crippen molar-refractivity contribution in [2.75, 3.05) is 19.6 Å². The molecular formula is C130H90Cl4N4S3. The van der Waals surface area contributed by atoms with Gasteiger partial charge in [0.2, 0.25) is 0 Å². The largest absolute Gasteiger partial charge is 0.311 e. The van der Waals surface area contributed by atoms with Crippen molar-refractivity contribution in [1.29, 1.82) is 0 Å². The Morgan fingerprint density at radius 2 is 0.482 bits per heavy atom. The van der Waals surface area contributed by atoms with Crippen LogP contribution in [-0.2, 0) is 10.8 Å². The normalized spacial score (nSPS) is 12.3. The molecular weight excluding hydrogens is 1860 g/mol. The third kappa shape index (κ3) is 17.1. The summed E-state index contributed by atoms with van der Waals surface area (Å²) in [6.45, 7) is 4.66. The lowest BCUT2D eigenvalue weighted by molar-refractivity contribution is 0.660. The number of rotatable bonds is 16. The molecule has 141 heavy (non-hydrogen) atoms. The molecule has 11 heteroatoms. The number of hydrogen-bond donors (Lipinski definition) is 0. The van der Waals surface area contributed by atoms with E-state index in [-0.39, 0.29) is 5.41 Å². The Bertz CT molecular complexity index is 8630. The smallest absolute Gasteiger partial charge is 0.0714 e. The summed E-state index contributed by atoms with van der Waals surface area (Å²) in [6, 6.07) is 181. The van der Waals surface area contributed by atoms with Crippen LogP contribution in [-0.4, -0.2) is 0 Å². The van der Waals surface area contributed by atoms with Gasteiger partial charge >= 0.3 is 0 Å². The minimum Gasteiger partial charge on any atom is -0.311 e. The Morgan fingerprint density at radius 1 is 0.184 bits per heavy atom. The number of halogens is 4.